The largest absolute Gasteiger partial charge is 0.460 e. The monoisotopic (exact) mass is 567 g/mol. The number of aliphatic hydroxyl groups excluding tert-OH is 1. The highest BCUT2D eigenvalue weighted by Crippen LogP contribution is 2.46. The summed E-state index contributed by atoms with van der Waals surface area (Å²) < 4.78 is 5.66. The predicted molar refractivity (Wildman–Crippen MR) is 154 cm³/mol. The number of anilines is 1. The lowest BCUT2D eigenvalue weighted by atomic mass is 9.74. The Balaban J connectivity index is 1.39. The van der Waals surface area contributed by atoms with E-state index in [0.29, 0.717) is 43.3 Å². The van der Waals surface area contributed by atoms with Crippen molar-refractivity contribution in [2.45, 2.75) is 76.9 Å². The maximum atomic E-state index is 14.0. The van der Waals surface area contributed by atoms with Crippen molar-refractivity contribution >= 4 is 40.3 Å². The number of aliphatic hydroxyl groups is 1. The van der Waals surface area contributed by atoms with Crippen LogP contribution in [0.3, 0.4) is 0 Å². The molecule has 9 nitrogen and oxygen atoms in total. The fraction of sp³-hybridized carbons (Fsp3) is 0.533. The van der Waals surface area contributed by atoms with Crippen LogP contribution in [0.2, 0.25) is 5.02 Å². The quantitative estimate of drug-likeness (QED) is 0.309. The minimum Gasteiger partial charge on any atom is -0.460 e. The first-order valence-electron chi connectivity index (χ1n) is 14.0. The predicted octanol–water partition coefficient (Wildman–Crippen LogP) is 5.05. The number of rotatable bonds is 9. The van der Waals surface area contributed by atoms with Gasteiger partial charge in [0.1, 0.15) is 23.4 Å². The van der Waals surface area contributed by atoms with Gasteiger partial charge in [0.25, 0.3) is 0 Å². The molecule has 10 heteroatoms. The van der Waals surface area contributed by atoms with Crippen molar-refractivity contribution in [2.24, 2.45) is 5.41 Å². The lowest BCUT2D eigenvalue weighted by Gasteiger charge is -2.41. The lowest BCUT2D eigenvalue weighted by molar-refractivity contribution is -0.161. The van der Waals surface area contributed by atoms with E-state index in [1.165, 1.54) is 18.4 Å². The zero-order valence-electron chi connectivity index (χ0n) is 23.4. The van der Waals surface area contributed by atoms with Crippen LogP contribution in [-0.4, -0.2) is 57.2 Å². The minimum atomic E-state index is -0.956. The first kappa shape index (κ1) is 28.4. The normalized spacial score (nSPS) is 18.0. The van der Waals surface area contributed by atoms with E-state index in [0.717, 1.165) is 22.4 Å². The zero-order chi connectivity index (χ0) is 28.5. The Labute approximate surface area is 239 Å². The van der Waals surface area contributed by atoms with Gasteiger partial charge in [0.2, 0.25) is 5.91 Å². The zero-order valence-corrected chi connectivity index (χ0v) is 24.1. The number of esters is 1. The van der Waals surface area contributed by atoms with Crippen LogP contribution in [0.4, 0.5) is 5.82 Å². The van der Waals surface area contributed by atoms with Crippen molar-refractivity contribution in [3.05, 3.63) is 52.9 Å². The number of hydrogen-bond acceptors (Lipinski definition) is 7. The number of H-pyrrole nitrogens is 1. The van der Waals surface area contributed by atoms with Crippen LogP contribution in [0, 0.1) is 5.41 Å². The van der Waals surface area contributed by atoms with Crippen LogP contribution >= 0.6 is 11.6 Å². The molecule has 1 saturated heterocycles. The molecule has 1 aliphatic heterocycles. The number of carbonyl (C=O) groups excluding carboxylic acids is 2. The van der Waals surface area contributed by atoms with Gasteiger partial charge in [0.05, 0.1) is 23.3 Å². The van der Waals surface area contributed by atoms with Crippen LogP contribution in [0.1, 0.15) is 82.4 Å². The standard InChI is InChI=1S/C30H38ClN5O4/c1-29(2,3)40-24(38)16-30(28(39)35-23(10-15-37)20-6-8-21(31)9-7-20)11-13-36(14-12-30)27-25-22(19-4-5-19)17-32-26(25)33-18-34-27/h6-9,17-19,23,37H,4-5,10-16H2,1-3H3,(H,35,39)(H,32,33,34)/t23-/m0/s1. The average Bonchev–Trinajstić information content (AvgIpc) is 3.66. The molecule has 3 aromatic rings. The van der Waals surface area contributed by atoms with Gasteiger partial charge in [-0.2, -0.15) is 0 Å². The molecule has 3 heterocycles. The van der Waals surface area contributed by atoms with Crippen molar-refractivity contribution in [3.8, 4) is 0 Å². The topological polar surface area (TPSA) is 120 Å². The van der Waals surface area contributed by atoms with Gasteiger partial charge >= 0.3 is 5.97 Å². The molecule has 214 valence electrons. The third kappa shape index (κ3) is 6.25. The Hall–Kier alpha value is -3.17. The van der Waals surface area contributed by atoms with E-state index in [4.69, 9.17) is 16.3 Å². The fourth-order valence-corrected chi connectivity index (χ4v) is 5.79. The number of piperidine rings is 1. The Morgan fingerprint density at radius 3 is 2.52 bits per heavy atom. The Morgan fingerprint density at radius 1 is 1.20 bits per heavy atom. The molecule has 0 radical (unpaired) electrons. The summed E-state index contributed by atoms with van der Waals surface area (Å²) >= 11 is 6.07. The van der Waals surface area contributed by atoms with Crippen molar-refractivity contribution in [1.29, 1.82) is 0 Å². The van der Waals surface area contributed by atoms with Crippen molar-refractivity contribution in [2.75, 3.05) is 24.6 Å². The van der Waals surface area contributed by atoms with Crippen LogP contribution in [0.5, 0.6) is 0 Å². The molecule has 1 aliphatic carbocycles. The van der Waals surface area contributed by atoms with Gasteiger partial charge < -0.3 is 25.0 Å². The summed E-state index contributed by atoms with van der Waals surface area (Å²) in [4.78, 5) is 41.7. The molecule has 0 unspecified atom stereocenters. The molecule has 1 atom stereocenters. The molecule has 5 rings (SSSR count). The van der Waals surface area contributed by atoms with Gasteiger partial charge in [-0.3, -0.25) is 9.59 Å². The van der Waals surface area contributed by atoms with Gasteiger partial charge in [-0.15, -0.1) is 0 Å². The highest BCUT2D eigenvalue weighted by molar-refractivity contribution is 6.30. The molecule has 2 fully saturated rings. The number of nitrogens with one attached hydrogen (secondary N) is 2. The molecule has 0 bridgehead atoms. The summed E-state index contributed by atoms with van der Waals surface area (Å²) in [5.74, 6) is 0.808. The molecular formula is C30H38ClN5O4. The minimum absolute atomic E-state index is 0.0208. The van der Waals surface area contributed by atoms with E-state index in [1.54, 1.807) is 18.5 Å². The second-order valence-electron chi connectivity index (χ2n) is 12.1. The molecular weight excluding hydrogens is 530 g/mol. The lowest BCUT2D eigenvalue weighted by Crippen LogP contribution is -2.51. The Bertz CT molecular complexity index is 1350. The number of carbonyl (C=O) groups is 2. The van der Waals surface area contributed by atoms with E-state index >= 15 is 0 Å². The molecule has 1 amide bonds. The van der Waals surface area contributed by atoms with E-state index in [1.807, 2.05) is 39.1 Å². The highest BCUT2D eigenvalue weighted by Gasteiger charge is 2.45. The molecule has 1 saturated carbocycles. The number of ether oxygens (including phenoxy) is 1. The third-order valence-corrected chi connectivity index (χ3v) is 8.15. The number of amides is 1. The van der Waals surface area contributed by atoms with E-state index in [2.05, 4.69) is 25.2 Å². The van der Waals surface area contributed by atoms with Crippen LogP contribution < -0.4 is 10.2 Å². The molecule has 0 spiro atoms. The van der Waals surface area contributed by atoms with Crippen LogP contribution in [0.15, 0.2) is 36.8 Å². The summed E-state index contributed by atoms with van der Waals surface area (Å²) in [6.07, 6.45) is 7.20. The van der Waals surface area contributed by atoms with Gasteiger partial charge in [0.15, 0.2) is 0 Å². The van der Waals surface area contributed by atoms with Gasteiger partial charge in [-0.1, -0.05) is 23.7 Å². The number of hydrogen-bond donors (Lipinski definition) is 3. The molecule has 1 aromatic carbocycles. The van der Waals surface area contributed by atoms with Crippen molar-refractivity contribution in [1.82, 2.24) is 20.3 Å². The number of halogens is 1. The maximum absolute atomic E-state index is 14.0. The smallest absolute Gasteiger partial charge is 0.307 e. The number of aromatic amines is 1. The SMILES string of the molecule is CC(C)(C)OC(=O)CC1(C(=O)N[C@@H](CCO)c2ccc(Cl)cc2)CCN(c2ncnc3[nH]cc(C4CC4)c23)CC1. The first-order chi connectivity index (χ1) is 19.1. The fourth-order valence-electron chi connectivity index (χ4n) is 5.67. The summed E-state index contributed by atoms with van der Waals surface area (Å²) in [7, 11) is 0. The second-order valence-corrected chi connectivity index (χ2v) is 12.5. The molecule has 2 aliphatic rings. The molecule has 40 heavy (non-hydrogen) atoms. The van der Waals surface area contributed by atoms with Crippen LogP contribution in [0.25, 0.3) is 11.0 Å². The molecule has 3 N–H and O–H groups in total. The Kier molecular flexibility index (Phi) is 8.06. The van der Waals surface area contributed by atoms with Crippen molar-refractivity contribution < 1.29 is 19.4 Å². The molecule has 2 aromatic heterocycles. The first-order valence-corrected chi connectivity index (χ1v) is 14.4. The van der Waals surface area contributed by atoms with Crippen LogP contribution in [-0.2, 0) is 14.3 Å². The van der Waals surface area contributed by atoms with Crippen molar-refractivity contribution in [3.63, 3.8) is 0 Å². The number of nitrogens with zero attached hydrogens (tertiary/aromatic N) is 3. The van der Waals surface area contributed by atoms with Gasteiger partial charge in [-0.05, 0) is 82.1 Å². The van der Waals surface area contributed by atoms with Gasteiger partial charge in [-0.25, -0.2) is 9.97 Å². The number of benzene rings is 1. The third-order valence-electron chi connectivity index (χ3n) is 7.90. The average molecular weight is 568 g/mol. The summed E-state index contributed by atoms with van der Waals surface area (Å²) in [5, 5.41) is 14.5. The number of fused-ring (bicyclic) bond motifs is 1. The number of aromatic nitrogens is 3. The highest BCUT2D eigenvalue weighted by atomic mass is 35.5. The summed E-state index contributed by atoms with van der Waals surface area (Å²) in [5.41, 5.74) is 1.31. The van der Waals surface area contributed by atoms with E-state index in [-0.39, 0.29) is 18.9 Å². The van der Waals surface area contributed by atoms with Gasteiger partial charge in [0, 0.05) is 30.9 Å². The maximum Gasteiger partial charge on any atom is 0.307 e. The summed E-state index contributed by atoms with van der Waals surface area (Å²) in [6, 6.07) is 6.82. The summed E-state index contributed by atoms with van der Waals surface area (Å²) in [6.45, 7) is 6.50. The second kappa shape index (κ2) is 11.4. The Morgan fingerprint density at radius 2 is 1.90 bits per heavy atom. The van der Waals surface area contributed by atoms with E-state index in [9.17, 15) is 14.7 Å². The van der Waals surface area contributed by atoms with E-state index < -0.39 is 23.0 Å².